The Balaban J connectivity index is 1.78. The number of esters is 1. The van der Waals surface area contributed by atoms with Crippen LogP contribution in [0.4, 0.5) is 0 Å². The number of hydrogen-bond donors (Lipinski definition) is 1. The third-order valence-electron chi connectivity index (χ3n) is 4.86. The quantitative estimate of drug-likeness (QED) is 0.485. The molecule has 2 aromatic heterocycles. The van der Waals surface area contributed by atoms with Gasteiger partial charge in [-0.05, 0) is 32.9 Å². The number of fused-ring (bicyclic) bond motifs is 1. The molecule has 0 spiro atoms. The van der Waals surface area contributed by atoms with Gasteiger partial charge in [-0.2, -0.15) is 5.10 Å². The van der Waals surface area contributed by atoms with E-state index in [1.54, 1.807) is 37.4 Å². The molecule has 0 bridgehead atoms. The zero-order valence-corrected chi connectivity index (χ0v) is 16.8. The number of benzene rings is 1. The summed E-state index contributed by atoms with van der Waals surface area (Å²) in [6, 6.07) is 8.44. The minimum absolute atomic E-state index is 0.0350. The second kappa shape index (κ2) is 8.40. The van der Waals surface area contributed by atoms with E-state index >= 15 is 0 Å². The van der Waals surface area contributed by atoms with E-state index in [4.69, 9.17) is 9.47 Å². The molecule has 8 nitrogen and oxygen atoms in total. The van der Waals surface area contributed by atoms with Gasteiger partial charge in [-0.25, -0.2) is 9.89 Å². The first-order chi connectivity index (χ1) is 13.8. The molecule has 8 heteroatoms. The molecule has 3 rings (SSSR count). The van der Waals surface area contributed by atoms with Gasteiger partial charge in [0, 0.05) is 29.4 Å². The maximum Gasteiger partial charge on any atom is 0.359 e. The number of methoxy groups -OCH3 is 1. The zero-order valence-electron chi connectivity index (χ0n) is 16.8. The molecule has 0 saturated carbocycles. The summed E-state index contributed by atoms with van der Waals surface area (Å²) in [5.74, 6) is -1.08. The van der Waals surface area contributed by atoms with Gasteiger partial charge in [-0.15, -0.1) is 0 Å². The summed E-state index contributed by atoms with van der Waals surface area (Å²) in [6.07, 6.45) is 0. The summed E-state index contributed by atoms with van der Waals surface area (Å²) in [5, 5.41) is 6.78. The first-order valence-electron chi connectivity index (χ1n) is 9.20. The van der Waals surface area contributed by atoms with Crippen LogP contribution in [-0.2, 0) is 9.47 Å². The fourth-order valence-corrected chi connectivity index (χ4v) is 3.60. The Morgan fingerprint density at radius 3 is 2.59 bits per heavy atom. The highest BCUT2D eigenvalue weighted by molar-refractivity contribution is 6.04. The van der Waals surface area contributed by atoms with Gasteiger partial charge in [0.05, 0.1) is 18.0 Å². The first kappa shape index (κ1) is 20.5. The predicted octanol–water partition coefficient (Wildman–Crippen LogP) is 2.59. The number of nitrogens with zero attached hydrogens (tertiary/aromatic N) is 2. The molecule has 1 N–H and O–H groups in total. The summed E-state index contributed by atoms with van der Waals surface area (Å²) in [4.78, 5) is 37.0. The Kier molecular flexibility index (Phi) is 5.93. The van der Waals surface area contributed by atoms with Crippen LogP contribution in [0.3, 0.4) is 0 Å². The molecule has 1 aromatic carbocycles. The molecule has 0 unspecified atom stereocenters. The highest BCUT2D eigenvalue weighted by atomic mass is 16.5. The Labute approximate surface area is 167 Å². The van der Waals surface area contributed by atoms with E-state index in [9.17, 15) is 14.4 Å². The van der Waals surface area contributed by atoms with Crippen LogP contribution in [0.2, 0.25) is 0 Å². The van der Waals surface area contributed by atoms with Crippen LogP contribution in [-0.4, -0.2) is 46.8 Å². The fraction of sp³-hybridized carbons (Fsp3) is 0.333. The predicted molar refractivity (Wildman–Crippen MR) is 107 cm³/mol. The van der Waals surface area contributed by atoms with Crippen LogP contribution in [0.5, 0.6) is 0 Å². The summed E-state index contributed by atoms with van der Waals surface area (Å²) in [5.41, 5.74) is 1.78. The third kappa shape index (κ3) is 3.97. The minimum Gasteiger partial charge on any atom is -0.452 e. The number of ether oxygens (including phenoxy) is 2. The van der Waals surface area contributed by atoms with Gasteiger partial charge in [-0.1, -0.05) is 18.2 Å². The molecule has 152 valence electrons. The lowest BCUT2D eigenvalue weighted by atomic mass is 10.1. The Hall–Kier alpha value is -3.26. The molecule has 0 fully saturated rings. The maximum atomic E-state index is 12.7. The number of nitrogens with one attached hydrogen (secondary N) is 1. The largest absolute Gasteiger partial charge is 0.452 e. The highest BCUT2D eigenvalue weighted by Gasteiger charge is 2.21. The van der Waals surface area contributed by atoms with Crippen LogP contribution in [0.15, 0.2) is 35.1 Å². The zero-order chi connectivity index (χ0) is 21.1. The van der Waals surface area contributed by atoms with Crippen molar-refractivity contribution < 1.29 is 19.1 Å². The number of aryl methyl sites for hydroxylation is 1. The molecular formula is C21H23N3O5. The van der Waals surface area contributed by atoms with Crippen molar-refractivity contribution in [3.63, 3.8) is 0 Å². The molecular weight excluding hydrogens is 374 g/mol. The Morgan fingerprint density at radius 2 is 1.90 bits per heavy atom. The van der Waals surface area contributed by atoms with Gasteiger partial charge in [0.25, 0.3) is 5.56 Å². The number of ketones is 1. The molecule has 0 amide bonds. The summed E-state index contributed by atoms with van der Waals surface area (Å²) in [7, 11) is 1.63. The van der Waals surface area contributed by atoms with Gasteiger partial charge in [0.2, 0.25) is 5.78 Å². The van der Waals surface area contributed by atoms with E-state index < -0.39 is 18.1 Å². The smallest absolute Gasteiger partial charge is 0.359 e. The van der Waals surface area contributed by atoms with Crippen LogP contribution >= 0.6 is 0 Å². The molecule has 2 heterocycles. The number of H-pyrrole nitrogens is 1. The van der Waals surface area contributed by atoms with E-state index in [2.05, 4.69) is 10.2 Å². The number of carbonyl (C=O) groups is 2. The van der Waals surface area contributed by atoms with Crippen LogP contribution < -0.4 is 5.56 Å². The standard InChI is InChI=1S/C21H23N3O5/c1-12-9-17(14(3)24(12)13(2)10-28-4)18(25)11-29-21(27)19-15-7-5-6-8-16(15)20(26)23-22-19/h5-9,13H,10-11H2,1-4H3,(H,23,26)/t13-/m0/s1. The Morgan fingerprint density at radius 1 is 1.21 bits per heavy atom. The van der Waals surface area contributed by atoms with Crippen molar-refractivity contribution in [2.75, 3.05) is 20.3 Å². The normalized spacial score (nSPS) is 12.1. The number of carbonyl (C=O) groups excluding carboxylic acids is 2. The molecule has 3 aromatic rings. The lowest BCUT2D eigenvalue weighted by Crippen LogP contribution is -2.19. The van der Waals surface area contributed by atoms with E-state index in [1.807, 2.05) is 25.3 Å². The third-order valence-corrected chi connectivity index (χ3v) is 4.86. The summed E-state index contributed by atoms with van der Waals surface area (Å²) in [6.45, 7) is 5.87. The van der Waals surface area contributed by atoms with Crippen molar-refractivity contribution in [3.05, 3.63) is 63.3 Å². The highest BCUT2D eigenvalue weighted by Crippen LogP contribution is 2.21. The van der Waals surface area contributed by atoms with Crippen molar-refractivity contribution in [1.29, 1.82) is 0 Å². The topological polar surface area (TPSA) is 103 Å². The number of rotatable bonds is 7. The van der Waals surface area contributed by atoms with Gasteiger partial charge in [0.15, 0.2) is 12.3 Å². The van der Waals surface area contributed by atoms with Gasteiger partial charge in [0.1, 0.15) is 0 Å². The number of aromatic nitrogens is 3. The molecule has 0 aliphatic rings. The van der Waals surface area contributed by atoms with Crippen molar-refractivity contribution in [3.8, 4) is 0 Å². The molecule has 1 atom stereocenters. The number of hydrogen-bond acceptors (Lipinski definition) is 6. The fourth-order valence-electron chi connectivity index (χ4n) is 3.60. The van der Waals surface area contributed by atoms with Crippen molar-refractivity contribution in [1.82, 2.24) is 14.8 Å². The summed E-state index contributed by atoms with van der Waals surface area (Å²) >= 11 is 0. The van der Waals surface area contributed by atoms with Crippen LogP contribution in [0.25, 0.3) is 10.8 Å². The molecule has 0 saturated heterocycles. The SMILES string of the molecule is COC[C@H](C)n1c(C)cc(C(=O)COC(=O)c2n[nH]c(=O)c3ccccc23)c1C. The molecule has 0 aliphatic heterocycles. The van der Waals surface area contributed by atoms with Crippen molar-refractivity contribution in [2.45, 2.75) is 26.8 Å². The second-order valence-electron chi connectivity index (χ2n) is 6.91. The van der Waals surface area contributed by atoms with Crippen molar-refractivity contribution >= 4 is 22.5 Å². The van der Waals surface area contributed by atoms with Crippen molar-refractivity contribution in [2.24, 2.45) is 0 Å². The summed E-state index contributed by atoms with van der Waals surface area (Å²) < 4.78 is 12.4. The minimum atomic E-state index is -0.771. The van der Waals surface area contributed by atoms with E-state index in [-0.39, 0.29) is 17.5 Å². The van der Waals surface area contributed by atoms with Gasteiger partial charge < -0.3 is 14.0 Å². The van der Waals surface area contributed by atoms with E-state index in [0.29, 0.717) is 22.9 Å². The number of aromatic amines is 1. The Bertz CT molecular complexity index is 1130. The van der Waals surface area contributed by atoms with Crippen LogP contribution in [0.1, 0.15) is 45.2 Å². The second-order valence-corrected chi connectivity index (χ2v) is 6.91. The number of Topliss-reactive ketones (excluding diaryl/α,β-unsaturated/α-hetero) is 1. The first-order valence-corrected chi connectivity index (χ1v) is 9.20. The lowest BCUT2D eigenvalue weighted by molar-refractivity contribution is 0.0469. The maximum absolute atomic E-state index is 12.7. The van der Waals surface area contributed by atoms with Gasteiger partial charge >= 0.3 is 5.97 Å². The van der Waals surface area contributed by atoms with Gasteiger partial charge in [-0.3, -0.25) is 9.59 Å². The average Bonchev–Trinajstić information content (AvgIpc) is 3.00. The molecule has 0 aliphatic carbocycles. The van der Waals surface area contributed by atoms with Crippen LogP contribution in [0, 0.1) is 13.8 Å². The molecule has 29 heavy (non-hydrogen) atoms. The monoisotopic (exact) mass is 397 g/mol. The van der Waals surface area contributed by atoms with E-state index in [1.165, 1.54) is 0 Å². The average molecular weight is 397 g/mol. The lowest BCUT2D eigenvalue weighted by Gasteiger charge is -2.17. The molecule has 0 radical (unpaired) electrons. The van der Waals surface area contributed by atoms with E-state index in [0.717, 1.165) is 11.4 Å².